The van der Waals surface area contributed by atoms with Gasteiger partial charge in [0, 0.05) is 43.7 Å². The van der Waals surface area contributed by atoms with Gasteiger partial charge in [0.15, 0.2) is 0 Å². The summed E-state index contributed by atoms with van der Waals surface area (Å²) in [5.74, 6) is -0.631. The van der Waals surface area contributed by atoms with Gasteiger partial charge in [0.1, 0.15) is 6.04 Å². The molecule has 1 fully saturated rings. The number of unbranched alkanes of at least 4 members (excludes halogenated alkanes) is 1. The minimum atomic E-state index is -0.784. The van der Waals surface area contributed by atoms with Gasteiger partial charge in [-0.05, 0) is 37.1 Å². The summed E-state index contributed by atoms with van der Waals surface area (Å²) < 4.78 is 0. The van der Waals surface area contributed by atoms with Gasteiger partial charge in [-0.25, -0.2) is 4.79 Å². The third kappa shape index (κ3) is 7.36. The number of rotatable bonds is 8. The van der Waals surface area contributed by atoms with E-state index in [4.69, 9.17) is 23.2 Å². The van der Waals surface area contributed by atoms with Crippen molar-refractivity contribution in [3.05, 3.63) is 69.7 Å². The zero-order chi connectivity index (χ0) is 25.4. The number of halogens is 2. The maximum Gasteiger partial charge on any atom is 0.317 e. The third-order valence-electron chi connectivity index (χ3n) is 6.07. The number of amides is 4. The molecule has 7 nitrogen and oxygen atoms in total. The molecule has 3 rings (SSSR count). The SMILES string of the molecule is CCCCNC(=O)N1CCN(C(=O)C(Cc2ccccc2)NC(=O)c2ccc(Cl)cc2Cl)CC1C. The molecule has 2 aromatic rings. The number of nitrogens with zero attached hydrogens (tertiary/aromatic N) is 2. The first-order valence-electron chi connectivity index (χ1n) is 11.9. The van der Waals surface area contributed by atoms with Crippen LogP contribution in [0.4, 0.5) is 4.79 Å². The first kappa shape index (κ1) is 26.8. The van der Waals surface area contributed by atoms with E-state index in [1.54, 1.807) is 21.9 Å². The van der Waals surface area contributed by atoms with Crippen LogP contribution in [0.3, 0.4) is 0 Å². The molecule has 188 valence electrons. The van der Waals surface area contributed by atoms with E-state index in [0.717, 1.165) is 18.4 Å². The van der Waals surface area contributed by atoms with Crippen molar-refractivity contribution in [3.8, 4) is 0 Å². The number of piperazine rings is 1. The van der Waals surface area contributed by atoms with Gasteiger partial charge >= 0.3 is 6.03 Å². The van der Waals surface area contributed by atoms with Crippen LogP contribution < -0.4 is 10.6 Å². The fourth-order valence-electron chi connectivity index (χ4n) is 4.11. The molecule has 0 aromatic heterocycles. The average Bonchev–Trinajstić information content (AvgIpc) is 2.83. The van der Waals surface area contributed by atoms with Gasteiger partial charge in [-0.1, -0.05) is 66.9 Å². The number of nitrogens with one attached hydrogen (secondary N) is 2. The molecule has 2 aromatic carbocycles. The Balaban J connectivity index is 1.72. The Hall–Kier alpha value is -2.77. The second-order valence-electron chi connectivity index (χ2n) is 8.75. The third-order valence-corrected chi connectivity index (χ3v) is 6.62. The number of hydrogen-bond donors (Lipinski definition) is 2. The lowest BCUT2D eigenvalue weighted by Gasteiger charge is -2.41. The minimum absolute atomic E-state index is 0.107. The van der Waals surface area contributed by atoms with Crippen molar-refractivity contribution in [1.82, 2.24) is 20.4 Å². The fraction of sp³-hybridized carbons (Fsp3) is 0.423. The summed E-state index contributed by atoms with van der Waals surface area (Å²) >= 11 is 12.2. The lowest BCUT2D eigenvalue weighted by atomic mass is 10.0. The molecule has 0 saturated carbocycles. The van der Waals surface area contributed by atoms with Crippen LogP contribution in [0, 0.1) is 0 Å². The normalized spacial score (nSPS) is 16.5. The Kier molecular flexibility index (Phi) is 9.81. The molecule has 0 radical (unpaired) electrons. The average molecular weight is 519 g/mol. The van der Waals surface area contributed by atoms with Crippen LogP contribution in [0.25, 0.3) is 0 Å². The fourth-order valence-corrected chi connectivity index (χ4v) is 4.61. The van der Waals surface area contributed by atoms with E-state index in [1.165, 1.54) is 6.07 Å². The summed E-state index contributed by atoms with van der Waals surface area (Å²) in [7, 11) is 0. The van der Waals surface area contributed by atoms with E-state index in [-0.39, 0.29) is 28.6 Å². The summed E-state index contributed by atoms with van der Waals surface area (Å²) in [5.41, 5.74) is 1.18. The highest BCUT2D eigenvalue weighted by Gasteiger charge is 2.33. The largest absolute Gasteiger partial charge is 0.340 e. The molecule has 1 heterocycles. The van der Waals surface area contributed by atoms with Gasteiger partial charge in [-0.3, -0.25) is 9.59 Å². The lowest BCUT2D eigenvalue weighted by molar-refractivity contribution is -0.135. The van der Waals surface area contributed by atoms with E-state index in [9.17, 15) is 14.4 Å². The maximum atomic E-state index is 13.6. The Bertz CT molecular complexity index is 1030. The van der Waals surface area contributed by atoms with Gasteiger partial charge in [-0.15, -0.1) is 0 Å². The van der Waals surface area contributed by atoms with Crippen LogP contribution in [0.1, 0.15) is 42.6 Å². The monoisotopic (exact) mass is 518 g/mol. The summed E-state index contributed by atoms with van der Waals surface area (Å²) in [5, 5.41) is 6.46. The minimum Gasteiger partial charge on any atom is -0.340 e. The number of carbonyl (C=O) groups is 3. The maximum absolute atomic E-state index is 13.6. The number of carbonyl (C=O) groups excluding carboxylic acids is 3. The standard InChI is InChI=1S/C26H32Cl2N4O3/c1-3-4-12-29-26(35)32-14-13-31(17-18(32)2)25(34)23(15-19-8-6-5-7-9-19)30-24(33)21-11-10-20(27)16-22(21)28/h5-11,16,18,23H,3-4,12-15,17H2,1-2H3,(H,29,35)(H,30,33). The van der Waals surface area contributed by atoms with E-state index in [0.29, 0.717) is 37.6 Å². The number of urea groups is 1. The Morgan fingerprint density at radius 3 is 2.49 bits per heavy atom. The Labute approximate surface area is 216 Å². The van der Waals surface area contributed by atoms with Gasteiger partial charge < -0.3 is 20.4 Å². The van der Waals surface area contributed by atoms with Crippen molar-refractivity contribution >= 4 is 41.0 Å². The predicted octanol–water partition coefficient (Wildman–Crippen LogP) is 4.38. The molecule has 2 unspecified atom stereocenters. The van der Waals surface area contributed by atoms with E-state index in [2.05, 4.69) is 17.6 Å². The second-order valence-corrected chi connectivity index (χ2v) is 9.60. The summed E-state index contributed by atoms with van der Waals surface area (Å²) in [6.45, 7) is 5.86. The molecule has 2 atom stereocenters. The molecule has 1 aliphatic heterocycles. The van der Waals surface area contributed by atoms with Crippen molar-refractivity contribution in [2.24, 2.45) is 0 Å². The van der Waals surface area contributed by atoms with E-state index < -0.39 is 11.9 Å². The number of hydrogen-bond acceptors (Lipinski definition) is 3. The lowest BCUT2D eigenvalue weighted by Crippen LogP contribution is -2.60. The van der Waals surface area contributed by atoms with E-state index in [1.807, 2.05) is 37.3 Å². The van der Waals surface area contributed by atoms with Crippen LogP contribution in [0.15, 0.2) is 48.5 Å². The van der Waals surface area contributed by atoms with Gasteiger partial charge in [0.25, 0.3) is 5.91 Å². The molecular formula is C26H32Cl2N4O3. The van der Waals surface area contributed by atoms with Crippen LogP contribution in [0.2, 0.25) is 10.0 Å². The van der Waals surface area contributed by atoms with E-state index >= 15 is 0 Å². The van der Waals surface area contributed by atoms with Crippen molar-refractivity contribution in [1.29, 1.82) is 0 Å². The van der Waals surface area contributed by atoms with Gasteiger partial charge in [0.2, 0.25) is 5.91 Å². The van der Waals surface area contributed by atoms with Crippen LogP contribution >= 0.6 is 23.2 Å². The molecule has 0 spiro atoms. The van der Waals surface area contributed by atoms with Crippen LogP contribution in [-0.2, 0) is 11.2 Å². The number of benzene rings is 2. The van der Waals surface area contributed by atoms with Gasteiger partial charge in [-0.2, -0.15) is 0 Å². The molecule has 1 saturated heterocycles. The first-order valence-corrected chi connectivity index (χ1v) is 12.7. The molecular weight excluding hydrogens is 487 g/mol. The summed E-state index contributed by atoms with van der Waals surface area (Å²) in [4.78, 5) is 42.6. The van der Waals surface area contributed by atoms with Crippen molar-refractivity contribution < 1.29 is 14.4 Å². The first-order chi connectivity index (χ1) is 16.8. The highest BCUT2D eigenvalue weighted by atomic mass is 35.5. The summed E-state index contributed by atoms with van der Waals surface area (Å²) in [6, 6.07) is 13.1. The highest BCUT2D eigenvalue weighted by Crippen LogP contribution is 2.21. The topological polar surface area (TPSA) is 81.8 Å². The Morgan fingerprint density at radius 2 is 1.83 bits per heavy atom. The highest BCUT2D eigenvalue weighted by molar-refractivity contribution is 6.36. The Morgan fingerprint density at radius 1 is 1.09 bits per heavy atom. The quantitative estimate of drug-likeness (QED) is 0.508. The molecule has 2 N–H and O–H groups in total. The zero-order valence-electron chi connectivity index (χ0n) is 20.1. The smallest absolute Gasteiger partial charge is 0.317 e. The molecule has 4 amide bonds. The van der Waals surface area contributed by atoms with Crippen LogP contribution in [0.5, 0.6) is 0 Å². The zero-order valence-corrected chi connectivity index (χ0v) is 21.6. The van der Waals surface area contributed by atoms with Crippen molar-refractivity contribution in [3.63, 3.8) is 0 Å². The molecule has 9 heteroatoms. The second kappa shape index (κ2) is 12.8. The van der Waals surface area contributed by atoms with Crippen LogP contribution in [-0.4, -0.2) is 65.9 Å². The predicted molar refractivity (Wildman–Crippen MR) is 139 cm³/mol. The van der Waals surface area contributed by atoms with Crippen molar-refractivity contribution in [2.75, 3.05) is 26.2 Å². The summed E-state index contributed by atoms with van der Waals surface area (Å²) in [6.07, 6.45) is 2.27. The molecule has 0 bridgehead atoms. The molecule has 1 aliphatic rings. The van der Waals surface area contributed by atoms with Crippen molar-refractivity contribution in [2.45, 2.75) is 45.2 Å². The molecule has 0 aliphatic carbocycles. The van der Waals surface area contributed by atoms with Gasteiger partial charge in [0.05, 0.1) is 10.6 Å². The molecule has 35 heavy (non-hydrogen) atoms.